The molecule has 16 heavy (non-hydrogen) atoms. The Morgan fingerprint density at radius 2 is 2.31 bits per heavy atom. The van der Waals surface area contributed by atoms with Gasteiger partial charge in [-0.25, -0.2) is 0 Å². The number of rotatable bonds is 2. The van der Waals surface area contributed by atoms with E-state index in [0.717, 1.165) is 31.9 Å². The maximum Gasteiger partial charge on any atom is 0.153 e. The Bertz CT molecular complexity index is 358. The van der Waals surface area contributed by atoms with Gasteiger partial charge in [0.1, 0.15) is 0 Å². The van der Waals surface area contributed by atoms with Gasteiger partial charge in [-0.1, -0.05) is 18.5 Å². The predicted molar refractivity (Wildman–Crippen MR) is 66.0 cm³/mol. The highest BCUT2D eigenvalue weighted by Gasteiger charge is 2.22. The Kier molecular flexibility index (Phi) is 3.61. The quantitative estimate of drug-likeness (QED) is 0.787. The minimum Gasteiger partial charge on any atom is -0.367 e. The van der Waals surface area contributed by atoms with Crippen molar-refractivity contribution in [2.24, 2.45) is 0 Å². The molecule has 0 amide bonds. The van der Waals surface area contributed by atoms with Crippen molar-refractivity contribution in [2.45, 2.75) is 19.9 Å². The van der Waals surface area contributed by atoms with E-state index in [4.69, 9.17) is 11.6 Å². The molecule has 4 nitrogen and oxygen atoms in total. The lowest BCUT2D eigenvalue weighted by atomic mass is 10.2. The number of nitrogens with zero attached hydrogens (tertiary/aromatic N) is 4. The molecule has 2 rings (SSSR count). The van der Waals surface area contributed by atoms with Crippen LogP contribution < -0.4 is 4.90 Å². The monoisotopic (exact) mass is 240 g/mol. The first-order chi connectivity index (χ1) is 7.70. The number of halogens is 1. The molecule has 0 N–H and O–H groups in total. The molecule has 1 aromatic rings. The second kappa shape index (κ2) is 4.97. The van der Waals surface area contributed by atoms with Gasteiger partial charge in [-0.15, -0.1) is 5.10 Å². The van der Waals surface area contributed by atoms with Crippen molar-refractivity contribution in [3.8, 4) is 0 Å². The first-order valence-electron chi connectivity index (χ1n) is 5.68. The van der Waals surface area contributed by atoms with Gasteiger partial charge >= 0.3 is 0 Å². The van der Waals surface area contributed by atoms with Gasteiger partial charge in [0.2, 0.25) is 0 Å². The number of hydrogen-bond donors (Lipinski definition) is 0. The molecule has 1 unspecified atom stereocenters. The molecule has 1 fully saturated rings. The van der Waals surface area contributed by atoms with Crippen molar-refractivity contribution >= 4 is 17.3 Å². The third-order valence-electron chi connectivity index (χ3n) is 3.15. The molecule has 1 atom stereocenters. The largest absolute Gasteiger partial charge is 0.367 e. The number of piperazine rings is 1. The fourth-order valence-corrected chi connectivity index (χ4v) is 2.36. The van der Waals surface area contributed by atoms with E-state index in [2.05, 4.69) is 33.8 Å². The van der Waals surface area contributed by atoms with Crippen molar-refractivity contribution in [3.05, 3.63) is 17.4 Å². The zero-order valence-electron chi connectivity index (χ0n) is 9.73. The van der Waals surface area contributed by atoms with Crippen LogP contribution in [0.15, 0.2) is 12.3 Å². The highest BCUT2D eigenvalue weighted by atomic mass is 35.5. The Morgan fingerprint density at radius 3 is 2.94 bits per heavy atom. The summed E-state index contributed by atoms with van der Waals surface area (Å²) >= 11 is 5.85. The topological polar surface area (TPSA) is 32.3 Å². The summed E-state index contributed by atoms with van der Waals surface area (Å²) in [6.07, 6.45) is 1.78. The summed E-state index contributed by atoms with van der Waals surface area (Å²) in [6.45, 7) is 8.72. The smallest absolute Gasteiger partial charge is 0.153 e. The first kappa shape index (κ1) is 11.6. The molecule has 1 aromatic heterocycles. The number of likely N-dealkylation sites (N-methyl/N-ethyl adjacent to an activating group) is 1. The Morgan fingerprint density at radius 1 is 1.50 bits per heavy atom. The molecule has 1 aliphatic heterocycles. The minimum atomic E-state index is 0.461. The molecule has 0 spiro atoms. The highest BCUT2D eigenvalue weighted by molar-refractivity contribution is 6.29. The van der Waals surface area contributed by atoms with Gasteiger partial charge in [0.05, 0.1) is 11.9 Å². The Balaban J connectivity index is 2.07. The van der Waals surface area contributed by atoms with Crippen LogP contribution in [0.5, 0.6) is 0 Å². The zero-order valence-corrected chi connectivity index (χ0v) is 10.5. The molecular formula is C11H17ClN4. The van der Waals surface area contributed by atoms with Crippen LogP contribution >= 0.6 is 11.6 Å². The average Bonchev–Trinajstić information content (AvgIpc) is 2.29. The van der Waals surface area contributed by atoms with Gasteiger partial charge in [0.25, 0.3) is 0 Å². The average molecular weight is 241 g/mol. The molecule has 88 valence electrons. The van der Waals surface area contributed by atoms with Crippen LogP contribution in [0, 0.1) is 0 Å². The molecule has 0 saturated carbocycles. The summed E-state index contributed by atoms with van der Waals surface area (Å²) in [4.78, 5) is 4.80. The van der Waals surface area contributed by atoms with Crippen molar-refractivity contribution in [1.29, 1.82) is 0 Å². The van der Waals surface area contributed by atoms with Gasteiger partial charge < -0.3 is 4.90 Å². The van der Waals surface area contributed by atoms with E-state index >= 15 is 0 Å². The predicted octanol–water partition coefficient (Wildman–Crippen LogP) is 1.66. The van der Waals surface area contributed by atoms with Gasteiger partial charge in [-0.3, -0.25) is 4.90 Å². The second-order valence-electron chi connectivity index (χ2n) is 4.16. The second-order valence-corrected chi connectivity index (χ2v) is 4.55. The summed E-state index contributed by atoms with van der Waals surface area (Å²) in [5, 5.41) is 8.11. The molecule has 1 saturated heterocycles. The third-order valence-corrected chi connectivity index (χ3v) is 3.33. The van der Waals surface area contributed by atoms with Crippen molar-refractivity contribution in [1.82, 2.24) is 15.1 Å². The van der Waals surface area contributed by atoms with E-state index in [0.29, 0.717) is 11.2 Å². The SMILES string of the molecule is CCN1CCN(c2cnnc(Cl)c2)CC1C. The van der Waals surface area contributed by atoms with Crippen LogP contribution in [0.4, 0.5) is 5.69 Å². The van der Waals surface area contributed by atoms with Crippen LogP contribution in [-0.4, -0.2) is 47.3 Å². The minimum absolute atomic E-state index is 0.461. The summed E-state index contributed by atoms with van der Waals surface area (Å²) in [5.74, 6) is 0. The maximum absolute atomic E-state index is 5.85. The lowest BCUT2D eigenvalue weighted by molar-refractivity contribution is 0.199. The molecule has 0 radical (unpaired) electrons. The fraction of sp³-hybridized carbons (Fsp3) is 0.636. The molecule has 0 bridgehead atoms. The van der Waals surface area contributed by atoms with Crippen molar-refractivity contribution in [2.75, 3.05) is 31.1 Å². The molecule has 5 heteroatoms. The summed E-state index contributed by atoms with van der Waals surface area (Å²) in [6, 6.07) is 2.45. The van der Waals surface area contributed by atoms with Crippen molar-refractivity contribution < 1.29 is 0 Å². The van der Waals surface area contributed by atoms with Crippen LogP contribution in [0.3, 0.4) is 0 Å². The van der Waals surface area contributed by atoms with E-state index in [9.17, 15) is 0 Å². The number of aromatic nitrogens is 2. The van der Waals surface area contributed by atoms with Crippen LogP contribution in [0.25, 0.3) is 0 Å². The van der Waals surface area contributed by atoms with Crippen LogP contribution in [0.1, 0.15) is 13.8 Å². The number of anilines is 1. The van der Waals surface area contributed by atoms with Gasteiger partial charge in [0.15, 0.2) is 5.15 Å². The van der Waals surface area contributed by atoms with E-state index in [1.807, 2.05) is 6.07 Å². The third kappa shape index (κ3) is 2.44. The normalized spacial score (nSPS) is 22.4. The molecule has 0 aromatic carbocycles. The van der Waals surface area contributed by atoms with Gasteiger partial charge in [0, 0.05) is 31.7 Å². The van der Waals surface area contributed by atoms with E-state index in [1.165, 1.54) is 0 Å². The molecule has 2 heterocycles. The lowest BCUT2D eigenvalue weighted by Crippen LogP contribution is -2.51. The maximum atomic E-state index is 5.85. The zero-order chi connectivity index (χ0) is 11.5. The lowest BCUT2D eigenvalue weighted by Gasteiger charge is -2.40. The molecule has 0 aliphatic carbocycles. The summed E-state index contributed by atoms with van der Waals surface area (Å²) in [7, 11) is 0. The standard InChI is InChI=1S/C11H17ClN4/c1-3-15-4-5-16(8-9(15)2)10-6-11(12)14-13-7-10/h6-7,9H,3-5,8H2,1-2H3. The Labute approximate surface area is 101 Å². The fourth-order valence-electron chi connectivity index (χ4n) is 2.20. The Hall–Kier alpha value is -0.870. The first-order valence-corrected chi connectivity index (χ1v) is 6.05. The van der Waals surface area contributed by atoms with Crippen molar-refractivity contribution in [3.63, 3.8) is 0 Å². The van der Waals surface area contributed by atoms with E-state index in [-0.39, 0.29) is 0 Å². The van der Waals surface area contributed by atoms with Crippen LogP contribution in [0.2, 0.25) is 5.15 Å². The van der Waals surface area contributed by atoms with E-state index < -0.39 is 0 Å². The molecule has 1 aliphatic rings. The highest BCUT2D eigenvalue weighted by Crippen LogP contribution is 2.19. The summed E-state index contributed by atoms with van der Waals surface area (Å²) in [5.41, 5.74) is 1.07. The van der Waals surface area contributed by atoms with E-state index in [1.54, 1.807) is 6.20 Å². The van der Waals surface area contributed by atoms with Gasteiger partial charge in [-0.2, -0.15) is 5.10 Å². The van der Waals surface area contributed by atoms with Crippen LogP contribution in [-0.2, 0) is 0 Å². The summed E-state index contributed by atoms with van der Waals surface area (Å²) < 4.78 is 0. The van der Waals surface area contributed by atoms with Gasteiger partial charge in [-0.05, 0) is 13.5 Å². The number of hydrogen-bond acceptors (Lipinski definition) is 4. The molecular weight excluding hydrogens is 224 g/mol.